The van der Waals surface area contributed by atoms with E-state index in [1.807, 2.05) is 38.1 Å². The van der Waals surface area contributed by atoms with Gasteiger partial charge in [0, 0.05) is 25.1 Å². The van der Waals surface area contributed by atoms with Crippen LogP contribution in [0.5, 0.6) is 5.75 Å². The Hall–Kier alpha value is -2.04. The van der Waals surface area contributed by atoms with Gasteiger partial charge in [-0.05, 0) is 12.0 Å². The molecule has 1 saturated heterocycles. The van der Waals surface area contributed by atoms with Gasteiger partial charge in [0.2, 0.25) is 11.8 Å². The Bertz CT molecular complexity index is 528. The number of benzene rings is 1. The second kappa shape index (κ2) is 6.61. The molecule has 114 valence electrons. The predicted molar refractivity (Wildman–Crippen MR) is 79.8 cm³/mol. The molecule has 0 aromatic heterocycles. The van der Waals surface area contributed by atoms with Gasteiger partial charge in [-0.25, -0.2) is 0 Å². The first-order valence-corrected chi connectivity index (χ1v) is 7.23. The van der Waals surface area contributed by atoms with Crippen LogP contribution in [0.1, 0.15) is 25.8 Å². The summed E-state index contributed by atoms with van der Waals surface area (Å²) in [5, 5.41) is 2.81. The molecule has 2 amide bonds. The molecular weight excluding hydrogens is 268 g/mol. The highest BCUT2D eigenvalue weighted by atomic mass is 16.5. The van der Waals surface area contributed by atoms with Crippen LogP contribution in [0.3, 0.4) is 0 Å². The average molecular weight is 290 g/mol. The molecule has 21 heavy (non-hydrogen) atoms. The highest BCUT2D eigenvalue weighted by molar-refractivity contribution is 5.90. The smallest absolute Gasteiger partial charge is 0.245 e. The summed E-state index contributed by atoms with van der Waals surface area (Å²) >= 11 is 0. The minimum atomic E-state index is -0.449. The molecule has 1 aliphatic rings. The lowest BCUT2D eigenvalue weighted by Crippen LogP contribution is -2.47. The molecule has 5 heteroatoms. The Balaban J connectivity index is 2.21. The van der Waals surface area contributed by atoms with Crippen molar-refractivity contribution in [3.63, 3.8) is 0 Å². The van der Waals surface area contributed by atoms with E-state index in [4.69, 9.17) is 4.74 Å². The van der Waals surface area contributed by atoms with Gasteiger partial charge in [-0.2, -0.15) is 0 Å². The molecule has 2 rings (SSSR count). The number of amides is 2. The van der Waals surface area contributed by atoms with Crippen LogP contribution in [0, 0.1) is 5.92 Å². The van der Waals surface area contributed by atoms with Crippen molar-refractivity contribution in [1.29, 1.82) is 0 Å². The Morgan fingerprint density at radius 2 is 2.05 bits per heavy atom. The maximum atomic E-state index is 12.6. The topological polar surface area (TPSA) is 58.6 Å². The molecule has 1 N–H and O–H groups in total. The number of nitrogens with one attached hydrogen (secondary N) is 1. The molecule has 0 aliphatic carbocycles. The highest BCUT2D eigenvalue weighted by Crippen LogP contribution is 2.21. The second-order valence-corrected chi connectivity index (χ2v) is 5.61. The summed E-state index contributed by atoms with van der Waals surface area (Å²) < 4.78 is 5.33. The summed E-state index contributed by atoms with van der Waals surface area (Å²) in [7, 11) is 1.62. The van der Waals surface area contributed by atoms with Crippen LogP contribution in [0.25, 0.3) is 0 Å². The summed E-state index contributed by atoms with van der Waals surface area (Å²) in [5.74, 6) is 0.737. The fourth-order valence-electron chi connectivity index (χ4n) is 2.50. The lowest BCUT2D eigenvalue weighted by atomic mass is 10.0. The minimum absolute atomic E-state index is 0.0262. The molecule has 0 bridgehead atoms. The monoisotopic (exact) mass is 290 g/mol. The van der Waals surface area contributed by atoms with Gasteiger partial charge in [0.1, 0.15) is 11.8 Å². The number of para-hydroxylation sites is 1. The third-order valence-corrected chi connectivity index (χ3v) is 3.72. The van der Waals surface area contributed by atoms with E-state index >= 15 is 0 Å². The molecule has 1 aromatic rings. The number of carbonyl (C=O) groups excluding carboxylic acids is 2. The van der Waals surface area contributed by atoms with Crippen LogP contribution in [-0.2, 0) is 16.1 Å². The maximum absolute atomic E-state index is 12.6. The zero-order valence-electron chi connectivity index (χ0n) is 12.8. The van der Waals surface area contributed by atoms with Crippen LogP contribution in [-0.4, -0.2) is 36.4 Å². The highest BCUT2D eigenvalue weighted by Gasteiger charge is 2.32. The second-order valence-electron chi connectivity index (χ2n) is 5.61. The third-order valence-electron chi connectivity index (χ3n) is 3.72. The molecule has 1 aliphatic heterocycles. The zero-order valence-corrected chi connectivity index (χ0v) is 12.8. The standard InChI is InChI=1S/C16H22N2O3/c1-11(2)15-16(20)18(9-8-14(19)17-15)10-12-6-4-5-7-13(12)21-3/h4-7,11,15H,8-10H2,1-3H3,(H,17,19). The maximum Gasteiger partial charge on any atom is 0.245 e. The SMILES string of the molecule is COc1ccccc1CN1CCC(=O)NC(C(C)C)C1=O. The van der Waals surface area contributed by atoms with E-state index in [1.165, 1.54) is 0 Å². The Kier molecular flexibility index (Phi) is 4.83. The van der Waals surface area contributed by atoms with Crippen LogP contribution >= 0.6 is 0 Å². The van der Waals surface area contributed by atoms with E-state index < -0.39 is 6.04 Å². The van der Waals surface area contributed by atoms with Gasteiger partial charge >= 0.3 is 0 Å². The van der Waals surface area contributed by atoms with Crippen molar-refractivity contribution in [2.75, 3.05) is 13.7 Å². The van der Waals surface area contributed by atoms with Crippen molar-refractivity contribution in [3.8, 4) is 5.75 Å². The van der Waals surface area contributed by atoms with Crippen LogP contribution in [0.2, 0.25) is 0 Å². The van der Waals surface area contributed by atoms with Crippen LogP contribution < -0.4 is 10.1 Å². The molecular formula is C16H22N2O3. The summed E-state index contributed by atoms with van der Waals surface area (Å²) in [4.78, 5) is 26.1. The minimum Gasteiger partial charge on any atom is -0.496 e. The molecule has 0 spiro atoms. The first-order chi connectivity index (χ1) is 10.0. The first kappa shape index (κ1) is 15.4. The molecule has 5 nitrogen and oxygen atoms in total. The Labute approximate surface area is 125 Å². The molecule has 0 radical (unpaired) electrons. The lowest BCUT2D eigenvalue weighted by Gasteiger charge is -2.26. The van der Waals surface area contributed by atoms with Crippen molar-refractivity contribution < 1.29 is 14.3 Å². The average Bonchev–Trinajstić information content (AvgIpc) is 2.61. The number of rotatable bonds is 4. The van der Waals surface area contributed by atoms with Gasteiger partial charge in [-0.15, -0.1) is 0 Å². The number of carbonyl (C=O) groups is 2. The van der Waals surface area contributed by atoms with Crippen LogP contribution in [0.4, 0.5) is 0 Å². The van der Waals surface area contributed by atoms with E-state index in [0.29, 0.717) is 19.5 Å². The fraction of sp³-hybridized carbons (Fsp3) is 0.500. The molecule has 0 saturated carbocycles. The largest absolute Gasteiger partial charge is 0.496 e. The predicted octanol–water partition coefficient (Wildman–Crippen LogP) is 1.57. The normalized spacial score (nSPS) is 19.4. The molecule has 1 atom stereocenters. The number of methoxy groups -OCH3 is 1. The molecule has 1 heterocycles. The fourth-order valence-corrected chi connectivity index (χ4v) is 2.50. The van der Waals surface area contributed by atoms with Crippen molar-refractivity contribution in [3.05, 3.63) is 29.8 Å². The lowest BCUT2D eigenvalue weighted by molar-refractivity contribution is -0.135. The van der Waals surface area contributed by atoms with Gasteiger partial charge in [0.05, 0.1) is 7.11 Å². The van der Waals surface area contributed by atoms with E-state index in [2.05, 4.69) is 5.32 Å². The van der Waals surface area contributed by atoms with Crippen molar-refractivity contribution in [2.45, 2.75) is 32.9 Å². The summed E-state index contributed by atoms with van der Waals surface area (Å²) in [5.41, 5.74) is 0.949. The quantitative estimate of drug-likeness (QED) is 0.915. The van der Waals surface area contributed by atoms with E-state index in [-0.39, 0.29) is 17.7 Å². The number of nitrogens with zero attached hydrogens (tertiary/aromatic N) is 1. The first-order valence-electron chi connectivity index (χ1n) is 7.23. The van der Waals surface area contributed by atoms with Gasteiger partial charge in [0.15, 0.2) is 0 Å². The van der Waals surface area contributed by atoms with E-state index in [0.717, 1.165) is 11.3 Å². The Morgan fingerprint density at radius 3 is 2.71 bits per heavy atom. The van der Waals surface area contributed by atoms with Crippen LogP contribution in [0.15, 0.2) is 24.3 Å². The van der Waals surface area contributed by atoms with Gasteiger partial charge in [-0.1, -0.05) is 32.0 Å². The van der Waals surface area contributed by atoms with Gasteiger partial charge < -0.3 is 15.0 Å². The summed E-state index contributed by atoms with van der Waals surface area (Å²) in [6.07, 6.45) is 0.337. The van der Waals surface area contributed by atoms with Crippen molar-refractivity contribution >= 4 is 11.8 Å². The van der Waals surface area contributed by atoms with Gasteiger partial charge in [0.25, 0.3) is 0 Å². The van der Waals surface area contributed by atoms with Gasteiger partial charge in [-0.3, -0.25) is 9.59 Å². The Morgan fingerprint density at radius 1 is 1.33 bits per heavy atom. The summed E-state index contributed by atoms with van der Waals surface area (Å²) in [6.45, 7) is 4.78. The number of hydrogen-bond acceptors (Lipinski definition) is 3. The van der Waals surface area contributed by atoms with Crippen molar-refractivity contribution in [2.24, 2.45) is 5.92 Å². The van der Waals surface area contributed by atoms with E-state index in [9.17, 15) is 9.59 Å². The van der Waals surface area contributed by atoms with Crippen molar-refractivity contribution in [1.82, 2.24) is 10.2 Å². The molecule has 1 aromatic carbocycles. The number of ether oxygens (including phenoxy) is 1. The third kappa shape index (κ3) is 3.54. The summed E-state index contributed by atoms with van der Waals surface area (Å²) in [6, 6.07) is 7.19. The molecule has 1 unspecified atom stereocenters. The van der Waals surface area contributed by atoms with E-state index in [1.54, 1.807) is 12.0 Å². The number of hydrogen-bond donors (Lipinski definition) is 1. The molecule has 1 fully saturated rings. The zero-order chi connectivity index (χ0) is 15.4.